The molecular formula is C20H21ClN6O2. The Bertz CT molecular complexity index is 1090. The molecule has 4 heterocycles. The molecule has 9 heteroatoms. The van der Waals surface area contributed by atoms with Crippen LogP contribution in [0.1, 0.15) is 0 Å². The summed E-state index contributed by atoms with van der Waals surface area (Å²) in [4.78, 5) is 27.0. The number of carbonyl (C=O) groups excluding carboxylic acids is 1. The largest absolute Gasteiger partial charge is 0.378 e. The number of pyridine rings is 1. The maximum atomic E-state index is 13.2. The minimum atomic E-state index is -0.369. The van der Waals surface area contributed by atoms with Gasteiger partial charge in [-0.1, -0.05) is 11.6 Å². The normalized spacial score (nSPS) is 22.2. The Morgan fingerprint density at radius 2 is 2.31 bits per heavy atom. The first kappa shape index (κ1) is 18.4. The topological polar surface area (TPSA) is 94.6 Å². The molecule has 150 valence electrons. The molecule has 2 aliphatic heterocycles. The molecule has 0 aliphatic carbocycles. The van der Waals surface area contributed by atoms with Crippen molar-refractivity contribution < 1.29 is 9.53 Å². The molecule has 3 aromatic rings. The summed E-state index contributed by atoms with van der Waals surface area (Å²) in [6.45, 7) is 3.15. The molecule has 0 radical (unpaired) electrons. The summed E-state index contributed by atoms with van der Waals surface area (Å²) in [5, 5.41) is 8.82. The average Bonchev–Trinajstić information content (AvgIpc) is 3.36. The number of hydrogen-bond acceptors (Lipinski definition) is 6. The van der Waals surface area contributed by atoms with E-state index in [9.17, 15) is 4.79 Å². The zero-order valence-corrected chi connectivity index (χ0v) is 16.4. The molecule has 29 heavy (non-hydrogen) atoms. The summed E-state index contributed by atoms with van der Waals surface area (Å²) in [6, 6.07) is 5.45. The number of rotatable bonds is 4. The predicted octanol–water partition coefficient (Wildman–Crippen LogP) is 2.01. The van der Waals surface area contributed by atoms with Crippen LogP contribution in [-0.2, 0) is 9.53 Å². The fraction of sp³-hybridized carbons (Fsp3) is 0.350. The van der Waals surface area contributed by atoms with E-state index in [1.165, 1.54) is 0 Å². The lowest BCUT2D eigenvalue weighted by Gasteiger charge is -2.35. The maximum absolute atomic E-state index is 13.2. The van der Waals surface area contributed by atoms with E-state index in [1.807, 2.05) is 12.1 Å². The van der Waals surface area contributed by atoms with E-state index in [4.69, 9.17) is 16.3 Å². The minimum Gasteiger partial charge on any atom is -0.378 e. The third kappa shape index (κ3) is 3.55. The summed E-state index contributed by atoms with van der Waals surface area (Å²) in [5.74, 6) is -0.107. The molecule has 0 bridgehead atoms. The number of halogens is 1. The number of morpholine rings is 1. The maximum Gasteiger partial charge on any atom is 0.244 e. The molecule has 5 rings (SSSR count). The SMILES string of the molecule is O=C(Nc1cc(Cl)cc2c1[nH]c1cnccc12)C1COCCN1CC1CN=CN1. The van der Waals surface area contributed by atoms with Gasteiger partial charge in [0.2, 0.25) is 5.91 Å². The first-order valence-corrected chi connectivity index (χ1v) is 9.99. The molecule has 2 aromatic heterocycles. The molecule has 2 atom stereocenters. The van der Waals surface area contributed by atoms with E-state index in [-0.39, 0.29) is 18.0 Å². The standard InChI is InChI=1S/C20H21ClN6O2/c21-12-5-15-14-1-2-22-8-17(14)25-19(15)16(6-12)26-20(28)18-10-29-4-3-27(18)9-13-7-23-11-24-13/h1-2,5-6,8,11,13,18,25H,3-4,7,9-10H2,(H,23,24)(H,26,28). The van der Waals surface area contributed by atoms with E-state index >= 15 is 0 Å². The third-order valence-electron chi connectivity index (χ3n) is 5.46. The van der Waals surface area contributed by atoms with Gasteiger partial charge >= 0.3 is 0 Å². The number of ether oxygens (including phenoxy) is 1. The molecule has 1 fully saturated rings. The van der Waals surface area contributed by atoms with Crippen LogP contribution in [0.15, 0.2) is 35.6 Å². The van der Waals surface area contributed by atoms with Crippen molar-refractivity contribution in [2.45, 2.75) is 12.1 Å². The number of nitrogens with zero attached hydrogens (tertiary/aromatic N) is 3. The van der Waals surface area contributed by atoms with Gasteiger partial charge in [0.15, 0.2) is 0 Å². The van der Waals surface area contributed by atoms with E-state index in [0.29, 0.717) is 30.5 Å². The average molecular weight is 413 g/mol. The minimum absolute atomic E-state index is 0.107. The fourth-order valence-electron chi connectivity index (χ4n) is 4.01. The van der Waals surface area contributed by atoms with Crippen LogP contribution in [0.2, 0.25) is 5.02 Å². The summed E-state index contributed by atoms with van der Waals surface area (Å²) >= 11 is 6.35. The zero-order valence-electron chi connectivity index (χ0n) is 15.7. The number of nitrogens with one attached hydrogen (secondary N) is 3. The van der Waals surface area contributed by atoms with Crippen molar-refractivity contribution in [3.8, 4) is 0 Å². The number of carbonyl (C=O) groups is 1. The van der Waals surface area contributed by atoms with Crippen LogP contribution in [-0.4, -0.2) is 72.0 Å². The number of benzene rings is 1. The number of aromatic nitrogens is 2. The van der Waals surface area contributed by atoms with Crippen molar-refractivity contribution in [2.75, 3.05) is 38.2 Å². The van der Waals surface area contributed by atoms with Gasteiger partial charge in [-0.15, -0.1) is 0 Å². The molecule has 3 N–H and O–H groups in total. The lowest BCUT2D eigenvalue weighted by atomic mass is 10.1. The van der Waals surface area contributed by atoms with Gasteiger partial charge in [-0.3, -0.25) is 19.7 Å². The van der Waals surface area contributed by atoms with Crippen molar-refractivity contribution in [1.29, 1.82) is 0 Å². The molecule has 2 aliphatic rings. The highest BCUT2D eigenvalue weighted by molar-refractivity contribution is 6.33. The van der Waals surface area contributed by atoms with Gasteiger partial charge in [-0.2, -0.15) is 0 Å². The second-order valence-corrected chi connectivity index (χ2v) is 7.79. The van der Waals surface area contributed by atoms with Crippen molar-refractivity contribution in [3.05, 3.63) is 35.6 Å². The molecule has 1 aromatic carbocycles. The van der Waals surface area contributed by atoms with Crippen LogP contribution in [0, 0.1) is 0 Å². The lowest BCUT2D eigenvalue weighted by Crippen LogP contribution is -2.55. The van der Waals surface area contributed by atoms with Gasteiger partial charge in [0.05, 0.1) is 55.1 Å². The Morgan fingerprint density at radius 3 is 3.17 bits per heavy atom. The van der Waals surface area contributed by atoms with Crippen LogP contribution < -0.4 is 10.6 Å². The summed E-state index contributed by atoms with van der Waals surface area (Å²) in [6.07, 6.45) is 5.24. The van der Waals surface area contributed by atoms with Crippen molar-refractivity contribution in [2.24, 2.45) is 4.99 Å². The highest BCUT2D eigenvalue weighted by Gasteiger charge is 2.31. The highest BCUT2D eigenvalue weighted by atomic mass is 35.5. The fourth-order valence-corrected chi connectivity index (χ4v) is 4.23. The number of hydrogen-bond donors (Lipinski definition) is 3. The number of amides is 1. The zero-order chi connectivity index (χ0) is 19.8. The van der Waals surface area contributed by atoms with Crippen molar-refractivity contribution >= 4 is 51.3 Å². The van der Waals surface area contributed by atoms with Crippen LogP contribution in [0.5, 0.6) is 0 Å². The molecule has 1 amide bonds. The molecule has 0 spiro atoms. The van der Waals surface area contributed by atoms with E-state index in [2.05, 4.69) is 30.5 Å². The predicted molar refractivity (Wildman–Crippen MR) is 114 cm³/mol. The monoisotopic (exact) mass is 412 g/mol. The second kappa shape index (κ2) is 7.62. The number of H-pyrrole nitrogens is 1. The molecule has 0 saturated carbocycles. The van der Waals surface area contributed by atoms with Crippen LogP contribution >= 0.6 is 11.6 Å². The summed E-state index contributed by atoms with van der Waals surface area (Å²) in [5.41, 5.74) is 2.39. The number of aromatic amines is 1. The van der Waals surface area contributed by atoms with Gasteiger partial charge in [0.25, 0.3) is 0 Å². The van der Waals surface area contributed by atoms with Crippen LogP contribution in [0.25, 0.3) is 21.8 Å². The summed E-state index contributed by atoms with van der Waals surface area (Å²) in [7, 11) is 0. The molecular weight excluding hydrogens is 392 g/mol. The highest BCUT2D eigenvalue weighted by Crippen LogP contribution is 2.33. The van der Waals surface area contributed by atoms with Gasteiger partial charge in [-0.25, -0.2) is 0 Å². The Morgan fingerprint density at radius 1 is 1.38 bits per heavy atom. The Balaban J connectivity index is 1.42. The van der Waals surface area contributed by atoms with E-state index in [1.54, 1.807) is 24.8 Å². The molecule has 1 saturated heterocycles. The summed E-state index contributed by atoms with van der Waals surface area (Å²) < 4.78 is 5.60. The Hall–Kier alpha value is -2.68. The van der Waals surface area contributed by atoms with Gasteiger partial charge in [0, 0.05) is 35.1 Å². The van der Waals surface area contributed by atoms with Crippen molar-refractivity contribution in [3.63, 3.8) is 0 Å². The van der Waals surface area contributed by atoms with Gasteiger partial charge in [-0.05, 0) is 18.2 Å². The van der Waals surface area contributed by atoms with Gasteiger partial charge < -0.3 is 20.4 Å². The third-order valence-corrected chi connectivity index (χ3v) is 5.67. The van der Waals surface area contributed by atoms with Crippen LogP contribution in [0.3, 0.4) is 0 Å². The van der Waals surface area contributed by atoms with E-state index < -0.39 is 0 Å². The lowest BCUT2D eigenvalue weighted by molar-refractivity contribution is -0.127. The van der Waals surface area contributed by atoms with Gasteiger partial charge in [0.1, 0.15) is 6.04 Å². The first-order valence-electron chi connectivity index (χ1n) is 9.61. The quantitative estimate of drug-likeness (QED) is 0.609. The van der Waals surface area contributed by atoms with E-state index in [0.717, 1.165) is 34.9 Å². The Labute approximate surface area is 172 Å². The number of aliphatic imine (C=N–C) groups is 1. The molecule has 2 unspecified atom stereocenters. The first-order chi connectivity index (χ1) is 14.2. The van der Waals surface area contributed by atoms with Crippen LogP contribution in [0.4, 0.5) is 5.69 Å². The van der Waals surface area contributed by atoms with Crippen molar-refractivity contribution in [1.82, 2.24) is 20.2 Å². The number of fused-ring (bicyclic) bond motifs is 3. The second-order valence-electron chi connectivity index (χ2n) is 7.35. The number of anilines is 1. The Kier molecular flexibility index (Phi) is 4.83. The smallest absolute Gasteiger partial charge is 0.244 e. The molecule has 8 nitrogen and oxygen atoms in total.